The lowest BCUT2D eigenvalue weighted by atomic mass is 9.82. The van der Waals surface area contributed by atoms with Gasteiger partial charge in [0.15, 0.2) is 0 Å². The summed E-state index contributed by atoms with van der Waals surface area (Å²) >= 11 is 0. The number of aliphatic hydroxyl groups excluding tert-OH is 3. The highest BCUT2D eigenvalue weighted by Crippen LogP contribution is 2.25. The topological polar surface area (TPSA) is 72.7 Å². The van der Waals surface area contributed by atoms with Crippen molar-refractivity contribution in [3.05, 3.63) is 0 Å². The molecule has 0 saturated heterocycles. The second-order valence-corrected chi connectivity index (χ2v) is 3.49. The van der Waals surface area contributed by atoms with Crippen LogP contribution in [0.3, 0.4) is 0 Å². The van der Waals surface area contributed by atoms with Crippen molar-refractivity contribution in [2.75, 3.05) is 19.7 Å². The molecule has 0 radical (unpaired) electrons. The molecule has 4 heteroatoms. The molecular formula is C8H17NO3. The van der Waals surface area contributed by atoms with Gasteiger partial charge in [-0.25, -0.2) is 0 Å². The van der Waals surface area contributed by atoms with E-state index in [2.05, 4.69) is 5.32 Å². The molecule has 1 aliphatic rings. The zero-order valence-electron chi connectivity index (χ0n) is 7.11. The summed E-state index contributed by atoms with van der Waals surface area (Å²) in [6, 6.07) is 0. The first-order valence-electron chi connectivity index (χ1n) is 4.40. The summed E-state index contributed by atoms with van der Waals surface area (Å²) in [6.45, 7) is 1.07. The van der Waals surface area contributed by atoms with E-state index in [1.54, 1.807) is 0 Å². The van der Waals surface area contributed by atoms with Gasteiger partial charge in [0, 0.05) is 6.54 Å². The van der Waals surface area contributed by atoms with Crippen LogP contribution in [0.2, 0.25) is 0 Å². The summed E-state index contributed by atoms with van der Waals surface area (Å²) in [5, 5.41) is 29.4. The van der Waals surface area contributed by atoms with Gasteiger partial charge in [-0.2, -0.15) is 0 Å². The average Bonchev–Trinajstić information content (AvgIpc) is 2.01. The van der Waals surface area contributed by atoms with E-state index in [1.165, 1.54) is 0 Å². The first-order valence-corrected chi connectivity index (χ1v) is 4.40. The van der Waals surface area contributed by atoms with Crippen LogP contribution >= 0.6 is 0 Å². The minimum Gasteiger partial charge on any atom is -0.394 e. The molecule has 0 bridgehead atoms. The van der Waals surface area contributed by atoms with Crippen molar-refractivity contribution in [3.8, 4) is 0 Å². The van der Waals surface area contributed by atoms with E-state index in [0.717, 1.165) is 19.4 Å². The van der Waals surface area contributed by atoms with Crippen LogP contribution in [0.25, 0.3) is 0 Å². The molecule has 72 valence electrons. The Morgan fingerprint density at radius 3 is 2.58 bits per heavy atom. The number of nitrogens with one attached hydrogen (secondary N) is 1. The van der Waals surface area contributed by atoms with Crippen molar-refractivity contribution >= 4 is 0 Å². The number of hydrogen-bond donors (Lipinski definition) is 4. The Balaban J connectivity index is 1.89. The third-order valence-corrected chi connectivity index (χ3v) is 2.23. The van der Waals surface area contributed by atoms with Crippen LogP contribution in [0.15, 0.2) is 0 Å². The smallest absolute Gasteiger partial charge is 0.0894 e. The van der Waals surface area contributed by atoms with Crippen LogP contribution in [0.4, 0.5) is 0 Å². The highest BCUT2D eigenvalue weighted by Gasteiger charge is 2.26. The van der Waals surface area contributed by atoms with Gasteiger partial charge in [0.1, 0.15) is 0 Å². The molecule has 0 aliphatic heterocycles. The molecule has 1 atom stereocenters. The van der Waals surface area contributed by atoms with Crippen LogP contribution in [0.1, 0.15) is 12.8 Å². The fraction of sp³-hybridized carbons (Fsp3) is 1.00. The Hall–Kier alpha value is -0.160. The molecule has 0 unspecified atom stereocenters. The zero-order valence-corrected chi connectivity index (χ0v) is 7.11. The monoisotopic (exact) mass is 175 g/mol. The van der Waals surface area contributed by atoms with Gasteiger partial charge in [0.2, 0.25) is 0 Å². The first kappa shape index (κ1) is 9.92. The molecule has 1 saturated carbocycles. The predicted molar refractivity (Wildman–Crippen MR) is 44.7 cm³/mol. The largest absolute Gasteiger partial charge is 0.394 e. The van der Waals surface area contributed by atoms with Crippen molar-refractivity contribution < 1.29 is 15.3 Å². The third kappa shape index (κ3) is 3.06. The van der Waals surface area contributed by atoms with Gasteiger partial charge in [-0.1, -0.05) is 0 Å². The summed E-state index contributed by atoms with van der Waals surface area (Å²) < 4.78 is 0. The van der Waals surface area contributed by atoms with Gasteiger partial charge in [0.25, 0.3) is 0 Å². The molecule has 1 aliphatic carbocycles. The summed E-state index contributed by atoms with van der Waals surface area (Å²) in [4.78, 5) is 0. The Bertz CT molecular complexity index is 125. The minimum absolute atomic E-state index is 0.112. The molecule has 0 aromatic rings. The first-order chi connectivity index (χ1) is 5.72. The van der Waals surface area contributed by atoms with Crippen LogP contribution in [0.5, 0.6) is 0 Å². The Morgan fingerprint density at radius 1 is 1.42 bits per heavy atom. The zero-order chi connectivity index (χ0) is 8.97. The van der Waals surface area contributed by atoms with Gasteiger partial charge < -0.3 is 20.6 Å². The molecule has 4 N–H and O–H groups in total. The van der Waals surface area contributed by atoms with Crippen LogP contribution in [-0.2, 0) is 0 Å². The van der Waals surface area contributed by atoms with E-state index >= 15 is 0 Å². The van der Waals surface area contributed by atoms with E-state index in [-0.39, 0.29) is 12.7 Å². The van der Waals surface area contributed by atoms with Crippen molar-refractivity contribution in [3.63, 3.8) is 0 Å². The van der Waals surface area contributed by atoms with Gasteiger partial charge in [-0.3, -0.25) is 0 Å². The summed E-state index contributed by atoms with van der Waals surface area (Å²) in [5.74, 6) is 0.547. The van der Waals surface area contributed by atoms with Gasteiger partial charge in [0.05, 0.1) is 18.8 Å². The highest BCUT2D eigenvalue weighted by molar-refractivity contribution is 4.80. The lowest BCUT2D eigenvalue weighted by Crippen LogP contribution is -2.39. The third-order valence-electron chi connectivity index (χ3n) is 2.23. The number of rotatable bonds is 5. The van der Waals surface area contributed by atoms with Crippen LogP contribution < -0.4 is 5.32 Å². The fourth-order valence-corrected chi connectivity index (χ4v) is 1.39. The Labute approximate surface area is 72.2 Å². The average molecular weight is 175 g/mol. The van der Waals surface area contributed by atoms with Gasteiger partial charge in [-0.05, 0) is 25.3 Å². The van der Waals surface area contributed by atoms with Crippen molar-refractivity contribution in [1.82, 2.24) is 5.32 Å². The maximum absolute atomic E-state index is 8.96. The molecule has 0 heterocycles. The summed E-state index contributed by atoms with van der Waals surface area (Å²) in [6.07, 6.45) is 0.958. The quantitative estimate of drug-likeness (QED) is 0.419. The molecule has 1 fully saturated rings. The molecule has 0 aromatic heterocycles. The lowest BCUT2D eigenvalue weighted by Gasteiger charge is -2.31. The normalized spacial score (nSPS) is 31.2. The Kier molecular flexibility index (Phi) is 3.94. The van der Waals surface area contributed by atoms with Crippen molar-refractivity contribution in [2.45, 2.75) is 25.0 Å². The maximum atomic E-state index is 8.96. The van der Waals surface area contributed by atoms with Gasteiger partial charge in [-0.15, -0.1) is 0 Å². The SMILES string of the molecule is OC[C@@H](O)CNCC1CC(O)C1. The molecule has 1 rings (SSSR count). The second kappa shape index (κ2) is 4.77. The van der Waals surface area contributed by atoms with Crippen molar-refractivity contribution in [1.29, 1.82) is 0 Å². The predicted octanol–water partition coefficient (Wildman–Crippen LogP) is -1.30. The van der Waals surface area contributed by atoms with E-state index in [9.17, 15) is 0 Å². The van der Waals surface area contributed by atoms with Crippen molar-refractivity contribution in [2.24, 2.45) is 5.92 Å². The van der Waals surface area contributed by atoms with E-state index in [0.29, 0.717) is 12.5 Å². The number of hydrogen-bond acceptors (Lipinski definition) is 4. The summed E-state index contributed by atoms with van der Waals surface area (Å²) in [7, 11) is 0. The standard InChI is InChI=1S/C8H17NO3/c10-5-8(12)4-9-3-6-1-7(11)2-6/h6-12H,1-5H2/t6?,7?,8-/m0/s1. The molecule has 4 nitrogen and oxygen atoms in total. The van der Waals surface area contributed by atoms with Crippen LogP contribution in [0, 0.1) is 5.92 Å². The van der Waals surface area contributed by atoms with Gasteiger partial charge >= 0.3 is 0 Å². The minimum atomic E-state index is -0.657. The molecular weight excluding hydrogens is 158 g/mol. The molecule has 12 heavy (non-hydrogen) atoms. The Morgan fingerprint density at radius 2 is 2.08 bits per heavy atom. The van der Waals surface area contributed by atoms with E-state index in [1.807, 2.05) is 0 Å². The number of aliphatic hydroxyl groups is 3. The maximum Gasteiger partial charge on any atom is 0.0894 e. The molecule has 0 aromatic carbocycles. The van der Waals surface area contributed by atoms with E-state index in [4.69, 9.17) is 15.3 Å². The fourth-order valence-electron chi connectivity index (χ4n) is 1.39. The second-order valence-electron chi connectivity index (χ2n) is 3.49. The lowest BCUT2D eigenvalue weighted by molar-refractivity contribution is 0.0394. The molecule has 0 amide bonds. The summed E-state index contributed by atoms with van der Waals surface area (Å²) in [5.41, 5.74) is 0. The highest BCUT2D eigenvalue weighted by atomic mass is 16.3. The van der Waals surface area contributed by atoms with E-state index < -0.39 is 6.10 Å². The van der Waals surface area contributed by atoms with Crippen LogP contribution in [-0.4, -0.2) is 47.2 Å². The molecule has 0 spiro atoms.